The van der Waals surface area contributed by atoms with Crippen molar-refractivity contribution in [2.24, 2.45) is 5.92 Å². The van der Waals surface area contributed by atoms with Crippen LogP contribution < -0.4 is 10.6 Å². The first kappa shape index (κ1) is 32.9. The fourth-order valence-electron chi connectivity index (χ4n) is 2.82. The van der Waals surface area contributed by atoms with Gasteiger partial charge < -0.3 is 19.9 Å². The molecule has 7 heteroatoms. The molecule has 0 spiro atoms. The van der Waals surface area contributed by atoms with Crippen LogP contribution in [0.15, 0.2) is 0 Å². The van der Waals surface area contributed by atoms with Crippen molar-refractivity contribution in [2.75, 3.05) is 20.8 Å². The van der Waals surface area contributed by atoms with E-state index in [0.29, 0.717) is 13.0 Å². The third-order valence-electron chi connectivity index (χ3n) is 4.17. The van der Waals surface area contributed by atoms with E-state index in [9.17, 15) is 9.90 Å². The number of aliphatic hydroxyl groups is 1. The summed E-state index contributed by atoms with van der Waals surface area (Å²) in [5.74, 6) is 47.4. The molecule has 0 bridgehead atoms. The Morgan fingerprint density at radius 2 is 1.22 bits per heavy atom. The summed E-state index contributed by atoms with van der Waals surface area (Å²) < 4.78 is 10.4. The van der Waals surface area contributed by atoms with Crippen molar-refractivity contribution in [3.8, 4) is 119 Å². The molecule has 0 saturated heterocycles. The van der Waals surface area contributed by atoms with Crippen LogP contribution in [0.4, 0.5) is 4.79 Å². The molecule has 0 aromatic carbocycles. The van der Waals surface area contributed by atoms with E-state index in [4.69, 9.17) is 9.47 Å². The molecule has 1 aliphatic rings. The Hall–Kier alpha value is -4.15. The zero-order valence-corrected chi connectivity index (χ0v) is 23.3. The van der Waals surface area contributed by atoms with Gasteiger partial charge in [0.2, 0.25) is 0 Å². The van der Waals surface area contributed by atoms with Gasteiger partial charge in [0.15, 0.2) is 0 Å². The maximum absolute atomic E-state index is 12.0. The summed E-state index contributed by atoms with van der Waals surface area (Å²) in [4.78, 5) is 12.0. The normalized spacial score (nSPS) is 16.8. The maximum Gasteiger partial charge on any atom is 0.326 e. The van der Waals surface area contributed by atoms with Crippen molar-refractivity contribution >= 4 is 6.03 Å². The number of ether oxygens (including phenoxy) is 2. The van der Waals surface area contributed by atoms with Crippen LogP contribution in [0, 0.1) is 124 Å². The summed E-state index contributed by atoms with van der Waals surface area (Å²) in [6, 6.07) is 1.52. The fraction of sp³-hybridized carbons (Fsp3) is 0.300. The smallest absolute Gasteiger partial charge is 0.326 e. The number of carbonyl (C=O) groups excluding carboxylic acids is 1. The minimum atomic E-state index is -0.727. The Bertz CT molecular complexity index is 1450. The van der Waals surface area contributed by atoms with Crippen molar-refractivity contribution in [2.45, 2.75) is 31.6 Å². The number of carbonyl (C=O) groups is 1. The predicted molar refractivity (Wildman–Crippen MR) is 136 cm³/mol. The van der Waals surface area contributed by atoms with Crippen molar-refractivity contribution in [1.82, 2.24) is 10.6 Å². The quantitative estimate of drug-likeness (QED) is 0.326. The first-order valence-corrected chi connectivity index (χ1v) is 10.3. The standard InChI is InChI=1S/C30H20N2O4.Y/c1-4-5-6-7-8-9-10-11-12-13-14-15-16-17-18-19-20-21-22-23-31-30(34)32-27-24-26(25-35-2)28(33)29(27)36-3;/h26-29,33H,24-25H2,1-3H3,(H2,31,32,34);/t26-,27-,28?,29-;/m1./s1. The van der Waals surface area contributed by atoms with Gasteiger partial charge in [0.05, 0.1) is 18.8 Å². The predicted octanol–water partition coefficient (Wildman–Crippen LogP) is -0.295. The second-order valence-electron chi connectivity index (χ2n) is 6.47. The number of aliphatic hydroxyl groups excluding tert-OH is 1. The summed E-state index contributed by atoms with van der Waals surface area (Å²) in [7, 11) is 3.04. The first-order valence-electron chi connectivity index (χ1n) is 10.3. The summed E-state index contributed by atoms with van der Waals surface area (Å²) >= 11 is 0. The fourth-order valence-corrected chi connectivity index (χ4v) is 2.82. The van der Waals surface area contributed by atoms with Crippen LogP contribution in [-0.4, -0.2) is 50.2 Å². The van der Waals surface area contributed by atoms with Crippen LogP contribution in [0.2, 0.25) is 0 Å². The number of hydrogen-bond donors (Lipinski definition) is 3. The first-order chi connectivity index (χ1) is 17.6. The van der Waals surface area contributed by atoms with E-state index in [0.717, 1.165) is 0 Å². The molecule has 1 rings (SSSR count). The molecule has 37 heavy (non-hydrogen) atoms. The van der Waals surface area contributed by atoms with Crippen LogP contribution >= 0.6 is 0 Å². The number of rotatable bonds is 4. The molecule has 1 fully saturated rings. The van der Waals surface area contributed by atoms with Crippen molar-refractivity contribution in [1.29, 1.82) is 0 Å². The molecule has 1 unspecified atom stereocenters. The van der Waals surface area contributed by atoms with E-state index >= 15 is 0 Å². The Kier molecular flexibility index (Phi) is 19.8. The average Bonchev–Trinajstić information content (AvgIpc) is 3.16. The number of hydrogen-bond acceptors (Lipinski definition) is 4. The van der Waals surface area contributed by atoms with E-state index in [1.54, 1.807) is 14.0 Å². The summed E-state index contributed by atoms with van der Waals surface area (Å²) in [5, 5.41) is 15.3. The van der Waals surface area contributed by atoms with E-state index in [1.807, 2.05) is 0 Å². The molecular formula is C30H20N2O4Y. The maximum atomic E-state index is 12.0. The third-order valence-corrected chi connectivity index (χ3v) is 4.17. The minimum Gasteiger partial charge on any atom is -0.390 e. The van der Waals surface area contributed by atoms with Crippen molar-refractivity contribution < 1.29 is 52.1 Å². The van der Waals surface area contributed by atoms with Gasteiger partial charge in [0.1, 0.15) is 6.10 Å². The van der Waals surface area contributed by atoms with Crippen LogP contribution in [0.1, 0.15) is 13.3 Å². The summed E-state index contributed by atoms with van der Waals surface area (Å²) in [6.07, 6.45) is -0.728. The van der Waals surface area contributed by atoms with Crippen molar-refractivity contribution in [3.63, 3.8) is 0 Å². The molecule has 0 aromatic heterocycles. The number of methoxy groups -OCH3 is 2. The average molecular weight is 561 g/mol. The van der Waals surface area contributed by atoms with Gasteiger partial charge in [-0.05, 0) is 60.7 Å². The molecule has 1 saturated carbocycles. The number of amides is 2. The number of urea groups is 1. The van der Waals surface area contributed by atoms with E-state index in [-0.39, 0.29) is 44.7 Å². The second kappa shape index (κ2) is 22.3. The zero-order valence-electron chi connectivity index (χ0n) is 20.5. The molecule has 1 aliphatic carbocycles. The number of nitrogens with one attached hydrogen (secondary N) is 2. The SMILES string of the molecule is CC#CC#CC#CC#CC#CC#CC#CC#CC#CC#CNC(=O)N[C@@H]1C[C@H](COC)C(O)[C@@H]1OC.[Y]. The zero-order chi connectivity index (χ0) is 26.3. The topological polar surface area (TPSA) is 79.8 Å². The molecule has 177 valence electrons. The molecule has 4 atom stereocenters. The van der Waals surface area contributed by atoms with Gasteiger partial charge in [-0.1, -0.05) is 5.92 Å². The minimum absolute atomic E-state index is 0. The Morgan fingerprint density at radius 1 is 0.784 bits per heavy atom. The Labute approximate surface area is 244 Å². The van der Waals surface area contributed by atoms with E-state index < -0.39 is 18.2 Å². The van der Waals surface area contributed by atoms with Gasteiger partial charge in [0, 0.05) is 118 Å². The second-order valence-corrected chi connectivity index (χ2v) is 6.47. The van der Waals surface area contributed by atoms with Crippen LogP contribution in [-0.2, 0) is 42.2 Å². The Morgan fingerprint density at radius 3 is 1.62 bits per heavy atom. The molecule has 0 heterocycles. The van der Waals surface area contributed by atoms with Gasteiger partial charge >= 0.3 is 6.03 Å². The third kappa shape index (κ3) is 15.5. The van der Waals surface area contributed by atoms with Gasteiger partial charge in [-0.3, -0.25) is 5.32 Å². The monoisotopic (exact) mass is 561 g/mol. The van der Waals surface area contributed by atoms with Crippen LogP contribution in [0.25, 0.3) is 0 Å². The van der Waals surface area contributed by atoms with E-state index in [2.05, 4.69) is 129 Å². The Balaban J connectivity index is 0.0000130. The van der Waals surface area contributed by atoms with Crippen molar-refractivity contribution in [3.05, 3.63) is 0 Å². The molecular weight excluding hydrogens is 541 g/mol. The largest absolute Gasteiger partial charge is 0.390 e. The molecule has 6 nitrogen and oxygen atoms in total. The van der Waals surface area contributed by atoms with Gasteiger partial charge in [0.25, 0.3) is 0 Å². The van der Waals surface area contributed by atoms with Crippen LogP contribution in [0.5, 0.6) is 0 Å². The van der Waals surface area contributed by atoms with Gasteiger partial charge in [-0.25, -0.2) is 4.79 Å². The molecule has 1 radical (unpaired) electrons. The van der Waals surface area contributed by atoms with Gasteiger partial charge in [-0.2, -0.15) is 0 Å². The summed E-state index contributed by atoms with van der Waals surface area (Å²) in [6.45, 7) is 2.06. The molecule has 3 N–H and O–H groups in total. The molecule has 0 aromatic rings. The molecule has 2 amide bonds. The van der Waals surface area contributed by atoms with Gasteiger partial charge in [-0.15, -0.1) is 0 Å². The van der Waals surface area contributed by atoms with Crippen LogP contribution in [0.3, 0.4) is 0 Å². The van der Waals surface area contributed by atoms with E-state index in [1.165, 1.54) is 7.11 Å². The summed E-state index contributed by atoms with van der Waals surface area (Å²) in [5.41, 5.74) is 0. The molecule has 0 aliphatic heterocycles.